The molecule has 6 heteroatoms. The van der Waals surface area contributed by atoms with Crippen LogP contribution in [0.2, 0.25) is 0 Å². The SMILES string of the molecule is CCCCCCCCCCCCCCCCCCCCCC(=O)OC[C@H](COC(=O)CCCCCCCCCCCCCCCCC(C)C)OC(=O)CCCCCCCCCCCCCC. The topological polar surface area (TPSA) is 78.9 Å². The first-order chi connectivity index (χ1) is 32.4. The Morgan fingerprint density at radius 3 is 0.742 bits per heavy atom. The lowest BCUT2D eigenvalue weighted by Crippen LogP contribution is -2.30. The Bertz CT molecular complexity index is 996. The molecule has 6 nitrogen and oxygen atoms in total. The second-order valence-electron chi connectivity index (χ2n) is 21.1. The van der Waals surface area contributed by atoms with Gasteiger partial charge in [0.1, 0.15) is 13.2 Å². The van der Waals surface area contributed by atoms with Crippen LogP contribution in [0.25, 0.3) is 0 Å². The molecule has 0 aromatic heterocycles. The molecule has 0 amide bonds. The summed E-state index contributed by atoms with van der Waals surface area (Å²) >= 11 is 0. The average Bonchev–Trinajstić information content (AvgIpc) is 3.30. The summed E-state index contributed by atoms with van der Waals surface area (Å²) in [5.41, 5.74) is 0. The minimum atomic E-state index is -0.762. The molecule has 0 N–H and O–H groups in total. The lowest BCUT2D eigenvalue weighted by molar-refractivity contribution is -0.167. The van der Waals surface area contributed by atoms with Crippen LogP contribution < -0.4 is 0 Å². The van der Waals surface area contributed by atoms with Crippen molar-refractivity contribution in [1.29, 1.82) is 0 Å². The van der Waals surface area contributed by atoms with Gasteiger partial charge in [-0.3, -0.25) is 14.4 Å². The normalized spacial score (nSPS) is 12.0. The summed E-state index contributed by atoms with van der Waals surface area (Å²) in [6.45, 7) is 9.07. The summed E-state index contributed by atoms with van der Waals surface area (Å²) in [5.74, 6) is 0.0111. The predicted molar refractivity (Wildman–Crippen MR) is 284 cm³/mol. The van der Waals surface area contributed by atoms with Crippen LogP contribution in [-0.4, -0.2) is 37.2 Å². The van der Waals surface area contributed by atoms with Crippen molar-refractivity contribution < 1.29 is 28.6 Å². The summed E-state index contributed by atoms with van der Waals surface area (Å²) in [4.78, 5) is 38.1. The van der Waals surface area contributed by atoms with E-state index in [4.69, 9.17) is 14.2 Å². The first-order valence-electron chi connectivity index (χ1n) is 29.9. The zero-order valence-electron chi connectivity index (χ0n) is 45.2. The highest BCUT2D eigenvalue weighted by atomic mass is 16.6. The Balaban J connectivity index is 4.24. The monoisotopic (exact) mass is 933 g/mol. The smallest absolute Gasteiger partial charge is 0.306 e. The van der Waals surface area contributed by atoms with Gasteiger partial charge in [0, 0.05) is 19.3 Å². The van der Waals surface area contributed by atoms with Gasteiger partial charge in [-0.2, -0.15) is 0 Å². The van der Waals surface area contributed by atoms with Gasteiger partial charge in [0.25, 0.3) is 0 Å². The Morgan fingerprint density at radius 1 is 0.288 bits per heavy atom. The third-order valence-corrected chi connectivity index (χ3v) is 13.8. The molecule has 0 unspecified atom stereocenters. The quantitative estimate of drug-likeness (QED) is 0.0343. The highest BCUT2D eigenvalue weighted by Crippen LogP contribution is 2.18. The Morgan fingerprint density at radius 2 is 0.500 bits per heavy atom. The second kappa shape index (κ2) is 54.4. The van der Waals surface area contributed by atoms with Gasteiger partial charge in [0.15, 0.2) is 6.10 Å². The summed E-state index contributed by atoms with van der Waals surface area (Å²) < 4.78 is 16.9. The number of rotatable bonds is 55. The first kappa shape index (κ1) is 64.4. The summed E-state index contributed by atoms with van der Waals surface area (Å²) in [6, 6.07) is 0. The largest absolute Gasteiger partial charge is 0.462 e. The molecule has 0 fully saturated rings. The molecule has 0 radical (unpaired) electrons. The molecule has 0 rings (SSSR count). The number of carbonyl (C=O) groups excluding carboxylic acids is 3. The van der Waals surface area contributed by atoms with Gasteiger partial charge in [-0.15, -0.1) is 0 Å². The van der Waals surface area contributed by atoms with Crippen LogP contribution in [0.3, 0.4) is 0 Å². The number of carbonyl (C=O) groups is 3. The Hall–Kier alpha value is -1.59. The van der Waals surface area contributed by atoms with E-state index < -0.39 is 6.10 Å². The van der Waals surface area contributed by atoms with E-state index in [1.807, 2.05) is 0 Å². The average molecular weight is 934 g/mol. The molecule has 0 saturated heterocycles. The fraction of sp³-hybridized carbons (Fsp3) is 0.950. The summed E-state index contributed by atoms with van der Waals surface area (Å²) in [5, 5.41) is 0. The molecule has 0 bridgehead atoms. The van der Waals surface area contributed by atoms with Crippen LogP contribution in [0, 0.1) is 5.92 Å². The number of hydrogen-bond donors (Lipinski definition) is 0. The molecule has 0 aliphatic heterocycles. The molecular formula is C60H116O6. The fourth-order valence-electron chi connectivity index (χ4n) is 9.28. The molecule has 0 spiro atoms. The molecule has 0 aromatic rings. The van der Waals surface area contributed by atoms with Crippen LogP contribution in [0.5, 0.6) is 0 Å². The van der Waals surface area contributed by atoms with E-state index in [1.54, 1.807) is 0 Å². The lowest BCUT2D eigenvalue weighted by Gasteiger charge is -2.18. The summed E-state index contributed by atoms with van der Waals surface area (Å²) in [7, 11) is 0. The third kappa shape index (κ3) is 53.4. The Labute approximate surface area is 412 Å². The Kier molecular flexibility index (Phi) is 53.0. The van der Waals surface area contributed by atoms with Crippen LogP contribution >= 0.6 is 0 Å². The van der Waals surface area contributed by atoms with Crippen LogP contribution in [0.15, 0.2) is 0 Å². The maximum Gasteiger partial charge on any atom is 0.306 e. The van der Waals surface area contributed by atoms with Crippen molar-refractivity contribution in [1.82, 2.24) is 0 Å². The van der Waals surface area contributed by atoms with E-state index in [-0.39, 0.29) is 31.1 Å². The molecular weight excluding hydrogens is 817 g/mol. The van der Waals surface area contributed by atoms with Crippen molar-refractivity contribution in [2.24, 2.45) is 5.92 Å². The van der Waals surface area contributed by atoms with Crippen molar-refractivity contribution in [3.05, 3.63) is 0 Å². The molecule has 66 heavy (non-hydrogen) atoms. The number of esters is 3. The minimum Gasteiger partial charge on any atom is -0.462 e. The molecule has 0 aliphatic rings. The van der Waals surface area contributed by atoms with E-state index in [2.05, 4.69) is 27.7 Å². The van der Waals surface area contributed by atoms with Gasteiger partial charge >= 0.3 is 17.9 Å². The molecule has 0 aliphatic carbocycles. The predicted octanol–water partition coefficient (Wildman–Crippen LogP) is 19.8. The van der Waals surface area contributed by atoms with E-state index >= 15 is 0 Å². The third-order valence-electron chi connectivity index (χ3n) is 13.8. The maximum atomic E-state index is 12.8. The van der Waals surface area contributed by atoms with Crippen molar-refractivity contribution in [3.8, 4) is 0 Å². The zero-order valence-corrected chi connectivity index (χ0v) is 45.2. The standard InChI is InChI=1S/C60H116O6/c1-5-7-9-11-13-15-17-19-20-21-22-23-24-28-32-35-39-43-47-51-58(61)64-54-57(66-60(63)53-49-45-41-37-31-18-16-14-12-10-8-6-2)55-65-59(62)52-48-44-40-36-33-29-26-25-27-30-34-38-42-46-50-56(3)4/h56-57H,5-55H2,1-4H3/t57-/m1/s1. The molecule has 0 heterocycles. The van der Waals surface area contributed by atoms with Gasteiger partial charge in [0.2, 0.25) is 0 Å². The second-order valence-corrected chi connectivity index (χ2v) is 21.1. The van der Waals surface area contributed by atoms with E-state index in [0.717, 1.165) is 63.7 Å². The number of unbranched alkanes of at least 4 members (excludes halogenated alkanes) is 42. The van der Waals surface area contributed by atoms with Crippen molar-refractivity contribution in [3.63, 3.8) is 0 Å². The van der Waals surface area contributed by atoms with Gasteiger partial charge in [-0.1, -0.05) is 304 Å². The molecule has 1 atom stereocenters. The van der Waals surface area contributed by atoms with Crippen LogP contribution in [-0.2, 0) is 28.6 Å². The number of hydrogen-bond acceptors (Lipinski definition) is 6. The summed E-state index contributed by atoms with van der Waals surface area (Å²) in [6.07, 6.45) is 59.5. The van der Waals surface area contributed by atoms with E-state index in [9.17, 15) is 14.4 Å². The van der Waals surface area contributed by atoms with Gasteiger partial charge in [0.05, 0.1) is 0 Å². The van der Waals surface area contributed by atoms with Crippen LogP contribution in [0.4, 0.5) is 0 Å². The first-order valence-corrected chi connectivity index (χ1v) is 29.9. The maximum absolute atomic E-state index is 12.8. The van der Waals surface area contributed by atoms with Gasteiger partial charge in [-0.25, -0.2) is 0 Å². The van der Waals surface area contributed by atoms with Crippen molar-refractivity contribution >= 4 is 17.9 Å². The van der Waals surface area contributed by atoms with E-state index in [0.29, 0.717) is 19.3 Å². The van der Waals surface area contributed by atoms with Gasteiger partial charge < -0.3 is 14.2 Å². The molecule has 392 valence electrons. The van der Waals surface area contributed by atoms with Crippen molar-refractivity contribution in [2.45, 2.75) is 348 Å². The molecule has 0 saturated carbocycles. The van der Waals surface area contributed by atoms with Crippen LogP contribution in [0.1, 0.15) is 342 Å². The van der Waals surface area contributed by atoms with Gasteiger partial charge in [-0.05, 0) is 25.2 Å². The van der Waals surface area contributed by atoms with E-state index in [1.165, 1.54) is 238 Å². The minimum absolute atomic E-state index is 0.0616. The fourth-order valence-corrected chi connectivity index (χ4v) is 9.28. The highest BCUT2D eigenvalue weighted by Gasteiger charge is 2.19. The lowest BCUT2D eigenvalue weighted by atomic mass is 10.0. The van der Waals surface area contributed by atoms with Crippen molar-refractivity contribution in [2.75, 3.05) is 13.2 Å². The number of ether oxygens (including phenoxy) is 3. The zero-order chi connectivity index (χ0) is 48.1. The highest BCUT2D eigenvalue weighted by molar-refractivity contribution is 5.71. The molecule has 0 aromatic carbocycles.